The molecule has 0 radical (unpaired) electrons. The van der Waals surface area contributed by atoms with E-state index >= 15 is 0 Å². The van der Waals surface area contributed by atoms with Gasteiger partial charge in [-0.2, -0.15) is 15.3 Å². The van der Waals surface area contributed by atoms with Gasteiger partial charge < -0.3 is 9.64 Å². The summed E-state index contributed by atoms with van der Waals surface area (Å²) >= 11 is 1.64. The Morgan fingerprint density at radius 1 is 1.18 bits per heavy atom. The average molecular weight is 475 g/mol. The monoisotopic (exact) mass is 474 g/mol. The van der Waals surface area contributed by atoms with Crippen molar-refractivity contribution < 1.29 is 9.53 Å². The smallest absolute Gasteiger partial charge is 0.188 e. The molecule has 0 amide bonds. The molecule has 0 spiro atoms. The molecule has 4 aromatic heterocycles. The molecule has 172 valence electrons. The molecule has 1 saturated heterocycles. The van der Waals surface area contributed by atoms with Crippen LogP contribution in [0.1, 0.15) is 21.7 Å². The molecular weight excluding hydrogens is 452 g/mol. The average Bonchev–Trinajstić information content (AvgIpc) is 3.66. The zero-order chi connectivity index (χ0) is 22.9. The second-order valence-corrected chi connectivity index (χ2v) is 9.02. The van der Waals surface area contributed by atoms with Crippen LogP contribution in [-0.4, -0.2) is 67.2 Å². The summed E-state index contributed by atoms with van der Waals surface area (Å²) in [6, 6.07) is 5.86. The molecule has 2 N–H and O–H groups in total. The second-order valence-electron chi connectivity index (χ2n) is 8.19. The van der Waals surface area contributed by atoms with Gasteiger partial charge in [0.05, 0.1) is 43.4 Å². The minimum Gasteiger partial charge on any atom is -0.378 e. The van der Waals surface area contributed by atoms with E-state index in [0.29, 0.717) is 12.2 Å². The summed E-state index contributed by atoms with van der Waals surface area (Å²) in [4.78, 5) is 20.0. The number of thiazole rings is 1. The fourth-order valence-corrected chi connectivity index (χ4v) is 4.98. The fraction of sp³-hybridized carbons (Fsp3) is 0.261. The molecule has 1 aliphatic heterocycles. The molecule has 1 fully saturated rings. The minimum absolute atomic E-state index is 0.0508. The van der Waals surface area contributed by atoms with Gasteiger partial charge in [0.2, 0.25) is 0 Å². The largest absolute Gasteiger partial charge is 0.378 e. The number of hydrogen-bond acceptors (Lipinski definition) is 8. The molecule has 10 nitrogen and oxygen atoms in total. The lowest BCUT2D eigenvalue weighted by Gasteiger charge is -2.26. The van der Waals surface area contributed by atoms with Crippen molar-refractivity contribution >= 4 is 33.2 Å². The molecule has 1 aliphatic rings. The molecule has 6 rings (SSSR count). The lowest BCUT2D eigenvalue weighted by Crippen LogP contribution is -2.36. The molecule has 0 bridgehead atoms. The summed E-state index contributed by atoms with van der Waals surface area (Å²) in [6.45, 7) is 3.78. The van der Waals surface area contributed by atoms with E-state index in [1.54, 1.807) is 23.7 Å². The number of rotatable bonds is 7. The van der Waals surface area contributed by atoms with E-state index in [0.717, 1.165) is 64.7 Å². The van der Waals surface area contributed by atoms with Crippen LogP contribution in [0.2, 0.25) is 0 Å². The molecule has 0 atom stereocenters. The van der Waals surface area contributed by atoms with Gasteiger partial charge in [-0.15, -0.1) is 11.3 Å². The first-order valence-corrected chi connectivity index (χ1v) is 11.9. The molecule has 1 aromatic carbocycles. The summed E-state index contributed by atoms with van der Waals surface area (Å²) in [7, 11) is 0. The summed E-state index contributed by atoms with van der Waals surface area (Å²) in [5.41, 5.74) is 5.05. The highest BCUT2D eigenvalue weighted by Crippen LogP contribution is 2.25. The molecule has 5 heterocycles. The number of aromatic nitrogens is 7. The Balaban J connectivity index is 1.13. The van der Waals surface area contributed by atoms with Crippen molar-refractivity contribution in [2.75, 3.05) is 31.2 Å². The van der Waals surface area contributed by atoms with Crippen molar-refractivity contribution in [1.29, 1.82) is 0 Å². The highest BCUT2D eigenvalue weighted by Gasteiger charge is 2.17. The van der Waals surface area contributed by atoms with Crippen LogP contribution in [0.5, 0.6) is 0 Å². The van der Waals surface area contributed by atoms with Gasteiger partial charge in [0.1, 0.15) is 5.69 Å². The Morgan fingerprint density at radius 2 is 2.09 bits per heavy atom. The Morgan fingerprint density at radius 3 is 2.94 bits per heavy atom. The van der Waals surface area contributed by atoms with E-state index in [9.17, 15) is 4.79 Å². The number of nitrogens with zero attached hydrogens (tertiary/aromatic N) is 6. The molecule has 0 unspecified atom stereocenters. The predicted octanol–water partition coefficient (Wildman–Crippen LogP) is 2.92. The molecule has 0 aliphatic carbocycles. The third-order valence-corrected chi connectivity index (χ3v) is 6.81. The van der Waals surface area contributed by atoms with Gasteiger partial charge in [0, 0.05) is 48.2 Å². The van der Waals surface area contributed by atoms with E-state index in [4.69, 9.17) is 9.72 Å². The maximum absolute atomic E-state index is 13.0. The van der Waals surface area contributed by atoms with Gasteiger partial charge in [0.25, 0.3) is 0 Å². The number of ketones is 1. The van der Waals surface area contributed by atoms with E-state index in [2.05, 4.69) is 35.8 Å². The Hall–Kier alpha value is -3.83. The standard InChI is InChI=1S/C23H22N8O2S/c32-21(22-19-2-1-16(8-20(19)28-29-22)17-10-24-25-11-17)7-15-9-26-31(12-15)13-18-14-34-23(27-18)30-3-5-33-6-4-30/h1-2,8-12,14H,3-7,13H2,(H,24,25)(H,28,29). The quantitative estimate of drug-likeness (QED) is 0.348. The number of anilines is 1. The lowest BCUT2D eigenvalue weighted by atomic mass is 10.0. The lowest BCUT2D eigenvalue weighted by molar-refractivity contribution is 0.0989. The number of hydrogen-bond donors (Lipinski definition) is 2. The van der Waals surface area contributed by atoms with Gasteiger partial charge in [-0.05, 0) is 23.3 Å². The second kappa shape index (κ2) is 8.84. The molecule has 5 aromatic rings. The summed E-state index contributed by atoms with van der Waals surface area (Å²) in [6.07, 6.45) is 7.46. The summed E-state index contributed by atoms with van der Waals surface area (Å²) in [5.74, 6) is -0.0508. The van der Waals surface area contributed by atoms with Crippen molar-refractivity contribution in [2.24, 2.45) is 0 Å². The summed E-state index contributed by atoms with van der Waals surface area (Å²) < 4.78 is 7.23. The number of carbonyl (C=O) groups is 1. The number of fused-ring (bicyclic) bond motifs is 1. The van der Waals surface area contributed by atoms with Crippen molar-refractivity contribution in [1.82, 2.24) is 35.2 Å². The highest BCUT2D eigenvalue weighted by molar-refractivity contribution is 7.13. The number of morpholine rings is 1. The number of H-pyrrole nitrogens is 2. The molecule has 11 heteroatoms. The number of nitrogens with one attached hydrogen (secondary N) is 2. The van der Waals surface area contributed by atoms with E-state index in [-0.39, 0.29) is 12.2 Å². The van der Waals surface area contributed by atoms with Crippen molar-refractivity contribution in [3.05, 3.63) is 65.3 Å². The fourth-order valence-electron chi connectivity index (χ4n) is 4.11. The van der Waals surface area contributed by atoms with Crippen LogP contribution in [0.4, 0.5) is 5.13 Å². The first kappa shape index (κ1) is 20.8. The SMILES string of the molecule is O=C(Cc1cnn(Cc2csc(N3CCOCC3)n2)c1)c1n[nH]c2cc(-c3cn[nH]c3)ccc12. The topological polar surface area (TPSA) is 118 Å². The maximum Gasteiger partial charge on any atom is 0.188 e. The Labute approximate surface area is 198 Å². The van der Waals surface area contributed by atoms with Crippen LogP contribution >= 0.6 is 11.3 Å². The number of Topliss-reactive ketones (excluding diaryl/α,β-unsaturated/α-hetero) is 1. The number of carbonyl (C=O) groups excluding carboxylic acids is 1. The Bertz CT molecular complexity index is 1430. The molecular formula is C23H22N8O2S. The number of benzene rings is 1. The maximum atomic E-state index is 13.0. The van der Waals surface area contributed by atoms with Gasteiger partial charge in [0.15, 0.2) is 10.9 Å². The third kappa shape index (κ3) is 4.11. The van der Waals surface area contributed by atoms with Crippen LogP contribution in [0, 0.1) is 0 Å². The number of ether oxygens (including phenoxy) is 1. The van der Waals surface area contributed by atoms with Crippen LogP contribution in [0.15, 0.2) is 48.4 Å². The van der Waals surface area contributed by atoms with Gasteiger partial charge >= 0.3 is 0 Å². The van der Waals surface area contributed by atoms with Crippen LogP contribution in [0.3, 0.4) is 0 Å². The number of aromatic amines is 2. The zero-order valence-electron chi connectivity index (χ0n) is 18.3. The van der Waals surface area contributed by atoms with Crippen LogP contribution in [-0.2, 0) is 17.7 Å². The molecule has 34 heavy (non-hydrogen) atoms. The molecule has 0 saturated carbocycles. The van der Waals surface area contributed by atoms with Crippen molar-refractivity contribution in [3.8, 4) is 11.1 Å². The van der Waals surface area contributed by atoms with E-state index in [1.807, 2.05) is 35.3 Å². The van der Waals surface area contributed by atoms with Crippen molar-refractivity contribution in [3.63, 3.8) is 0 Å². The van der Waals surface area contributed by atoms with E-state index < -0.39 is 0 Å². The van der Waals surface area contributed by atoms with Crippen molar-refractivity contribution in [2.45, 2.75) is 13.0 Å². The van der Waals surface area contributed by atoms with Crippen LogP contribution < -0.4 is 4.90 Å². The van der Waals surface area contributed by atoms with Gasteiger partial charge in [-0.3, -0.25) is 19.7 Å². The Kier molecular flexibility index (Phi) is 5.40. The normalized spacial score (nSPS) is 14.2. The van der Waals surface area contributed by atoms with E-state index in [1.165, 1.54) is 0 Å². The third-order valence-electron chi connectivity index (χ3n) is 5.86. The minimum atomic E-state index is -0.0508. The zero-order valence-corrected chi connectivity index (χ0v) is 19.1. The highest BCUT2D eigenvalue weighted by atomic mass is 32.1. The van der Waals surface area contributed by atoms with Gasteiger partial charge in [-0.25, -0.2) is 4.98 Å². The first-order chi connectivity index (χ1) is 16.7. The van der Waals surface area contributed by atoms with Crippen LogP contribution in [0.25, 0.3) is 22.0 Å². The predicted molar refractivity (Wildman–Crippen MR) is 128 cm³/mol. The summed E-state index contributed by atoms with van der Waals surface area (Å²) in [5, 5.41) is 22.4. The first-order valence-electron chi connectivity index (χ1n) is 11.0. The van der Waals surface area contributed by atoms with Gasteiger partial charge in [-0.1, -0.05) is 6.07 Å².